The van der Waals surface area contributed by atoms with E-state index in [1.165, 1.54) is 0 Å². The number of ether oxygens (including phenoxy) is 4. The summed E-state index contributed by atoms with van der Waals surface area (Å²) in [7, 11) is 4.88. The molecule has 1 heterocycles. The van der Waals surface area contributed by atoms with Gasteiger partial charge in [-0.15, -0.1) is 0 Å². The molecule has 0 aliphatic carbocycles. The molecule has 0 bridgehead atoms. The number of piperidine rings is 1. The van der Waals surface area contributed by atoms with Gasteiger partial charge in [-0.1, -0.05) is 0 Å². The highest BCUT2D eigenvalue weighted by Gasteiger charge is 2.28. The maximum atomic E-state index is 12.2. The lowest BCUT2D eigenvalue weighted by molar-refractivity contribution is -0.149. The molecule has 1 N–H and O–H groups in total. The van der Waals surface area contributed by atoms with Crippen molar-refractivity contribution in [1.29, 1.82) is 0 Å². The standard InChI is InChI=1S/C22H35N3O5/c1-6-23-22(25-12-8-9-16(15-25)21(26)30-7-2)24-11-10-18-19(28-4)13-17(27-3)14-20(18)29-5/h13-14,16H,6-12,15H2,1-5H3,(H,23,24). The second-order valence-corrected chi connectivity index (χ2v) is 7.03. The van der Waals surface area contributed by atoms with Gasteiger partial charge in [0, 0.05) is 43.9 Å². The van der Waals surface area contributed by atoms with E-state index in [0.29, 0.717) is 43.4 Å². The summed E-state index contributed by atoms with van der Waals surface area (Å²) in [5.74, 6) is 2.70. The van der Waals surface area contributed by atoms with Crippen molar-refractivity contribution in [2.75, 3.05) is 54.1 Å². The molecule has 1 aliphatic rings. The third kappa shape index (κ3) is 6.18. The number of guanidine groups is 1. The first-order valence-electron chi connectivity index (χ1n) is 10.6. The molecule has 0 amide bonds. The Kier molecular flexibility index (Phi) is 9.57. The van der Waals surface area contributed by atoms with Crippen LogP contribution in [0.4, 0.5) is 0 Å². The van der Waals surface area contributed by atoms with Crippen LogP contribution in [0.2, 0.25) is 0 Å². The van der Waals surface area contributed by atoms with Crippen LogP contribution in [0.1, 0.15) is 32.3 Å². The summed E-state index contributed by atoms with van der Waals surface area (Å²) in [6, 6.07) is 3.70. The smallest absolute Gasteiger partial charge is 0.310 e. The summed E-state index contributed by atoms with van der Waals surface area (Å²) in [6.07, 6.45) is 2.45. The molecule has 8 nitrogen and oxygen atoms in total. The lowest BCUT2D eigenvalue weighted by Gasteiger charge is -2.34. The molecule has 0 spiro atoms. The molecule has 168 valence electrons. The van der Waals surface area contributed by atoms with Crippen LogP contribution in [0.15, 0.2) is 17.1 Å². The molecular weight excluding hydrogens is 386 g/mol. The number of esters is 1. The summed E-state index contributed by atoms with van der Waals surface area (Å²) >= 11 is 0. The van der Waals surface area contributed by atoms with E-state index in [-0.39, 0.29) is 11.9 Å². The number of likely N-dealkylation sites (tertiary alicyclic amines) is 1. The SMILES string of the molecule is CCNC(=NCCc1c(OC)cc(OC)cc1OC)N1CCCC(C(=O)OCC)C1. The zero-order valence-corrected chi connectivity index (χ0v) is 18.8. The maximum absolute atomic E-state index is 12.2. The Morgan fingerprint density at radius 1 is 1.17 bits per heavy atom. The van der Waals surface area contributed by atoms with Gasteiger partial charge in [0.15, 0.2) is 5.96 Å². The average Bonchev–Trinajstić information content (AvgIpc) is 2.78. The van der Waals surface area contributed by atoms with E-state index in [1.54, 1.807) is 21.3 Å². The number of nitrogens with zero attached hydrogens (tertiary/aromatic N) is 2. The summed E-state index contributed by atoms with van der Waals surface area (Å²) in [6.45, 7) is 7.10. The van der Waals surface area contributed by atoms with Crippen LogP contribution >= 0.6 is 0 Å². The van der Waals surface area contributed by atoms with Gasteiger partial charge in [-0.05, 0) is 33.1 Å². The van der Waals surface area contributed by atoms with Crippen LogP contribution in [0.5, 0.6) is 17.2 Å². The first kappa shape index (κ1) is 23.6. The first-order chi connectivity index (χ1) is 14.6. The van der Waals surface area contributed by atoms with E-state index in [0.717, 1.165) is 37.5 Å². The number of nitrogens with one attached hydrogen (secondary N) is 1. The Labute approximate surface area is 179 Å². The van der Waals surface area contributed by atoms with Crippen molar-refractivity contribution in [1.82, 2.24) is 10.2 Å². The lowest BCUT2D eigenvalue weighted by Crippen LogP contribution is -2.48. The molecule has 8 heteroatoms. The van der Waals surface area contributed by atoms with Crippen molar-refractivity contribution in [3.05, 3.63) is 17.7 Å². The van der Waals surface area contributed by atoms with E-state index in [2.05, 4.69) is 10.2 Å². The van der Waals surface area contributed by atoms with Crippen LogP contribution in [0, 0.1) is 5.92 Å². The highest BCUT2D eigenvalue weighted by atomic mass is 16.5. The Bertz CT molecular complexity index is 698. The fourth-order valence-electron chi connectivity index (χ4n) is 3.65. The summed E-state index contributed by atoms with van der Waals surface area (Å²) in [5.41, 5.74) is 0.948. The first-order valence-corrected chi connectivity index (χ1v) is 10.6. The Hall–Kier alpha value is -2.64. The number of hydrogen-bond acceptors (Lipinski definition) is 6. The fraction of sp³-hybridized carbons (Fsp3) is 0.636. The monoisotopic (exact) mass is 421 g/mol. The number of aliphatic imine (C=N–C) groups is 1. The van der Waals surface area contributed by atoms with Crippen LogP contribution in [-0.4, -0.2) is 70.9 Å². The minimum absolute atomic E-state index is 0.107. The van der Waals surface area contributed by atoms with Crippen LogP contribution in [0.3, 0.4) is 0 Å². The van der Waals surface area contributed by atoms with Crippen molar-refractivity contribution < 1.29 is 23.7 Å². The molecule has 30 heavy (non-hydrogen) atoms. The Morgan fingerprint density at radius 2 is 1.87 bits per heavy atom. The average molecular weight is 422 g/mol. The number of methoxy groups -OCH3 is 3. The second kappa shape index (κ2) is 12.1. The Balaban J connectivity index is 2.12. The molecule has 2 rings (SSSR count). The van der Waals surface area contributed by atoms with Gasteiger partial charge in [0.25, 0.3) is 0 Å². The molecular formula is C22H35N3O5. The topological polar surface area (TPSA) is 81.6 Å². The van der Waals surface area contributed by atoms with Gasteiger partial charge < -0.3 is 29.2 Å². The van der Waals surface area contributed by atoms with Gasteiger partial charge in [0.2, 0.25) is 0 Å². The van der Waals surface area contributed by atoms with Crippen molar-refractivity contribution in [3.63, 3.8) is 0 Å². The van der Waals surface area contributed by atoms with E-state index in [9.17, 15) is 4.79 Å². The van der Waals surface area contributed by atoms with Gasteiger partial charge in [0.1, 0.15) is 17.2 Å². The van der Waals surface area contributed by atoms with Crippen molar-refractivity contribution >= 4 is 11.9 Å². The van der Waals surface area contributed by atoms with E-state index < -0.39 is 0 Å². The molecule has 1 fully saturated rings. The largest absolute Gasteiger partial charge is 0.496 e. The summed E-state index contributed by atoms with van der Waals surface area (Å²) in [4.78, 5) is 19.1. The predicted molar refractivity (Wildman–Crippen MR) is 117 cm³/mol. The second-order valence-electron chi connectivity index (χ2n) is 7.03. The van der Waals surface area contributed by atoms with Gasteiger partial charge in [-0.25, -0.2) is 0 Å². The number of hydrogen-bond donors (Lipinski definition) is 1. The van der Waals surface area contributed by atoms with E-state index >= 15 is 0 Å². The molecule has 1 unspecified atom stereocenters. The van der Waals surface area contributed by atoms with E-state index in [1.807, 2.05) is 26.0 Å². The van der Waals surface area contributed by atoms with Crippen molar-refractivity contribution in [3.8, 4) is 17.2 Å². The third-order valence-electron chi connectivity index (χ3n) is 5.12. The molecule has 1 atom stereocenters. The van der Waals surface area contributed by atoms with Crippen LogP contribution in [0.25, 0.3) is 0 Å². The minimum Gasteiger partial charge on any atom is -0.496 e. The number of carbonyl (C=O) groups is 1. The van der Waals surface area contributed by atoms with E-state index in [4.69, 9.17) is 23.9 Å². The molecule has 0 aromatic heterocycles. The number of benzene rings is 1. The highest BCUT2D eigenvalue weighted by Crippen LogP contribution is 2.34. The fourth-order valence-corrected chi connectivity index (χ4v) is 3.65. The molecule has 1 saturated heterocycles. The lowest BCUT2D eigenvalue weighted by atomic mass is 9.98. The van der Waals surface area contributed by atoms with Crippen molar-refractivity contribution in [2.24, 2.45) is 10.9 Å². The quantitative estimate of drug-likeness (QED) is 0.373. The predicted octanol–water partition coefficient (Wildman–Crippen LogP) is 2.50. The highest BCUT2D eigenvalue weighted by molar-refractivity contribution is 5.81. The summed E-state index contributed by atoms with van der Waals surface area (Å²) in [5, 5.41) is 3.35. The van der Waals surface area contributed by atoms with Gasteiger partial charge >= 0.3 is 5.97 Å². The molecule has 1 aliphatic heterocycles. The van der Waals surface area contributed by atoms with Gasteiger partial charge in [0.05, 0.1) is 33.9 Å². The Morgan fingerprint density at radius 3 is 2.43 bits per heavy atom. The zero-order valence-electron chi connectivity index (χ0n) is 18.8. The van der Waals surface area contributed by atoms with Gasteiger partial charge in [-0.2, -0.15) is 0 Å². The summed E-state index contributed by atoms with van der Waals surface area (Å²) < 4.78 is 21.6. The minimum atomic E-state index is -0.120. The van der Waals surface area contributed by atoms with Crippen LogP contribution < -0.4 is 19.5 Å². The van der Waals surface area contributed by atoms with Gasteiger partial charge in [-0.3, -0.25) is 9.79 Å². The normalized spacial score (nSPS) is 16.8. The third-order valence-corrected chi connectivity index (χ3v) is 5.12. The number of carbonyl (C=O) groups excluding carboxylic acids is 1. The maximum Gasteiger partial charge on any atom is 0.310 e. The molecule has 0 radical (unpaired) electrons. The molecule has 1 aromatic rings. The zero-order chi connectivity index (χ0) is 21.9. The number of rotatable bonds is 9. The van der Waals surface area contributed by atoms with Crippen LogP contribution in [-0.2, 0) is 16.0 Å². The molecule has 0 saturated carbocycles. The van der Waals surface area contributed by atoms with Crippen molar-refractivity contribution in [2.45, 2.75) is 33.1 Å². The molecule has 1 aromatic carbocycles.